The number of nitrogen functional groups attached to an aromatic ring is 1. The number of nitrogens with two attached hydrogens (primary N) is 1. The van der Waals surface area contributed by atoms with E-state index in [2.05, 4.69) is 17.3 Å². The Morgan fingerprint density at radius 1 is 1.33 bits per heavy atom. The summed E-state index contributed by atoms with van der Waals surface area (Å²) in [6, 6.07) is 6.58. The van der Waals surface area contributed by atoms with E-state index in [-0.39, 0.29) is 17.2 Å². The summed E-state index contributed by atoms with van der Waals surface area (Å²) in [6.45, 7) is 5.83. The van der Waals surface area contributed by atoms with Crippen molar-refractivity contribution in [3.8, 4) is 5.75 Å². The fourth-order valence-corrected chi connectivity index (χ4v) is 2.27. The Bertz CT molecular complexity index is 752. The van der Waals surface area contributed by atoms with Gasteiger partial charge in [0.1, 0.15) is 11.6 Å². The zero-order valence-electron chi connectivity index (χ0n) is 14.1. The zero-order chi connectivity index (χ0) is 17.7. The summed E-state index contributed by atoms with van der Waals surface area (Å²) < 4.78 is 6.78. The smallest absolute Gasteiger partial charge is 0.308 e. The third kappa shape index (κ3) is 3.92. The molecular weight excluding hydrogens is 308 g/mol. The van der Waals surface area contributed by atoms with E-state index in [1.54, 1.807) is 35.9 Å². The van der Waals surface area contributed by atoms with Crippen molar-refractivity contribution < 1.29 is 14.3 Å². The highest BCUT2D eigenvalue weighted by atomic mass is 16.5. The van der Waals surface area contributed by atoms with Gasteiger partial charge in [-0.1, -0.05) is 25.5 Å². The molecule has 0 radical (unpaired) electrons. The molecule has 24 heavy (non-hydrogen) atoms. The zero-order valence-corrected chi connectivity index (χ0v) is 14.1. The Labute approximate surface area is 140 Å². The average molecular weight is 330 g/mol. The number of rotatable bonds is 6. The number of carbonyl (C=O) groups is 2. The number of amides is 1. The number of unbranched alkanes of at least 4 members (excludes halogenated alkanes) is 1. The minimum absolute atomic E-state index is 0.216. The van der Waals surface area contributed by atoms with Crippen LogP contribution in [-0.2, 0) is 11.3 Å². The molecule has 2 aromatic rings. The van der Waals surface area contributed by atoms with Crippen LogP contribution in [0.25, 0.3) is 0 Å². The first kappa shape index (κ1) is 17.5. The number of anilines is 2. The molecule has 0 bridgehead atoms. The molecule has 3 N–H and O–H groups in total. The topological polar surface area (TPSA) is 99.2 Å². The summed E-state index contributed by atoms with van der Waals surface area (Å²) in [4.78, 5) is 23.8. The van der Waals surface area contributed by atoms with Crippen LogP contribution in [0.3, 0.4) is 0 Å². The van der Waals surface area contributed by atoms with E-state index in [4.69, 9.17) is 10.5 Å². The van der Waals surface area contributed by atoms with Gasteiger partial charge in [-0.05, 0) is 25.5 Å². The summed E-state index contributed by atoms with van der Waals surface area (Å²) >= 11 is 0. The van der Waals surface area contributed by atoms with Crippen molar-refractivity contribution in [3.05, 3.63) is 35.4 Å². The molecule has 1 aromatic heterocycles. The Morgan fingerprint density at radius 3 is 2.71 bits per heavy atom. The van der Waals surface area contributed by atoms with Gasteiger partial charge in [-0.15, -0.1) is 0 Å². The van der Waals surface area contributed by atoms with Gasteiger partial charge in [-0.25, -0.2) is 4.68 Å². The van der Waals surface area contributed by atoms with Gasteiger partial charge < -0.3 is 15.8 Å². The summed E-state index contributed by atoms with van der Waals surface area (Å²) in [6.07, 6.45) is 1.93. The summed E-state index contributed by atoms with van der Waals surface area (Å²) in [7, 11) is 0. The number of benzene rings is 1. The Hall–Kier alpha value is -2.83. The van der Waals surface area contributed by atoms with E-state index in [1.807, 2.05) is 0 Å². The molecule has 0 spiro atoms. The van der Waals surface area contributed by atoms with E-state index in [9.17, 15) is 9.59 Å². The third-order valence-corrected chi connectivity index (χ3v) is 3.57. The normalized spacial score (nSPS) is 10.5. The fraction of sp³-hybridized carbons (Fsp3) is 0.353. The summed E-state index contributed by atoms with van der Waals surface area (Å²) in [5, 5.41) is 7.09. The van der Waals surface area contributed by atoms with Gasteiger partial charge in [-0.2, -0.15) is 5.10 Å². The number of ether oxygens (including phenoxy) is 1. The van der Waals surface area contributed by atoms with E-state index in [0.29, 0.717) is 23.7 Å². The van der Waals surface area contributed by atoms with E-state index in [0.717, 1.165) is 12.8 Å². The molecule has 128 valence electrons. The molecule has 2 rings (SSSR count). The first-order valence-corrected chi connectivity index (χ1v) is 7.85. The number of aryl methyl sites for hydroxylation is 1. The second-order valence-electron chi connectivity index (χ2n) is 5.48. The highest BCUT2D eigenvalue weighted by molar-refractivity contribution is 6.06. The number of carbonyl (C=O) groups excluding carboxylic acids is 2. The highest BCUT2D eigenvalue weighted by Crippen LogP contribution is 2.24. The van der Waals surface area contributed by atoms with Gasteiger partial charge >= 0.3 is 5.97 Å². The maximum atomic E-state index is 12.6. The largest absolute Gasteiger partial charge is 0.426 e. The lowest BCUT2D eigenvalue weighted by molar-refractivity contribution is -0.131. The quantitative estimate of drug-likeness (QED) is 0.627. The van der Waals surface area contributed by atoms with Crippen molar-refractivity contribution in [1.29, 1.82) is 0 Å². The van der Waals surface area contributed by atoms with Crippen LogP contribution in [0.15, 0.2) is 24.3 Å². The van der Waals surface area contributed by atoms with Crippen molar-refractivity contribution in [3.63, 3.8) is 0 Å². The van der Waals surface area contributed by atoms with Crippen LogP contribution in [0.4, 0.5) is 11.6 Å². The van der Waals surface area contributed by atoms with Crippen molar-refractivity contribution in [2.45, 2.75) is 40.2 Å². The first-order chi connectivity index (χ1) is 11.4. The molecule has 1 amide bonds. The first-order valence-electron chi connectivity index (χ1n) is 7.85. The minimum atomic E-state index is -0.483. The van der Waals surface area contributed by atoms with Crippen LogP contribution >= 0.6 is 0 Å². The van der Waals surface area contributed by atoms with Gasteiger partial charge in [0.25, 0.3) is 5.91 Å². The predicted molar refractivity (Wildman–Crippen MR) is 92.0 cm³/mol. The molecule has 1 aromatic carbocycles. The van der Waals surface area contributed by atoms with Crippen molar-refractivity contribution in [2.75, 3.05) is 11.1 Å². The van der Waals surface area contributed by atoms with Gasteiger partial charge in [-0.3, -0.25) is 9.59 Å². The molecule has 0 aliphatic carbocycles. The standard InChI is InChI=1S/C17H22N4O3/c1-4-5-10-21-16(11(2)15(18)20-21)19-17(23)13-8-6-7-9-14(13)24-12(3)22/h6-9H,4-5,10H2,1-3H3,(H2,18,20)(H,19,23). The number of esters is 1. The highest BCUT2D eigenvalue weighted by Gasteiger charge is 2.18. The molecule has 7 heteroatoms. The number of aromatic nitrogens is 2. The summed E-state index contributed by atoms with van der Waals surface area (Å²) in [5.74, 6) is 0.294. The maximum Gasteiger partial charge on any atom is 0.308 e. The van der Waals surface area contributed by atoms with Crippen molar-refractivity contribution in [2.24, 2.45) is 0 Å². The summed E-state index contributed by atoms with van der Waals surface area (Å²) in [5.41, 5.74) is 6.86. The number of hydrogen-bond acceptors (Lipinski definition) is 5. The lowest BCUT2D eigenvalue weighted by Crippen LogP contribution is -2.18. The Kier molecular flexibility index (Phi) is 5.57. The third-order valence-electron chi connectivity index (χ3n) is 3.57. The van der Waals surface area contributed by atoms with Crippen LogP contribution in [0, 0.1) is 6.92 Å². The molecule has 7 nitrogen and oxygen atoms in total. The molecule has 0 aliphatic rings. The molecule has 0 fully saturated rings. The SMILES string of the molecule is CCCCn1nc(N)c(C)c1NC(=O)c1ccccc1OC(C)=O. The minimum Gasteiger partial charge on any atom is -0.426 e. The number of para-hydroxylation sites is 1. The monoisotopic (exact) mass is 330 g/mol. The maximum absolute atomic E-state index is 12.6. The molecule has 0 saturated heterocycles. The van der Waals surface area contributed by atoms with Crippen molar-refractivity contribution in [1.82, 2.24) is 9.78 Å². The lowest BCUT2D eigenvalue weighted by atomic mass is 10.2. The molecule has 0 unspecified atom stereocenters. The van der Waals surface area contributed by atoms with Gasteiger partial charge in [0.05, 0.1) is 5.56 Å². The van der Waals surface area contributed by atoms with Crippen LogP contribution in [0.1, 0.15) is 42.6 Å². The second kappa shape index (κ2) is 7.63. The molecular formula is C17H22N4O3. The van der Waals surface area contributed by atoms with Crippen molar-refractivity contribution >= 4 is 23.5 Å². The van der Waals surface area contributed by atoms with E-state index < -0.39 is 5.97 Å². The Balaban J connectivity index is 2.29. The lowest BCUT2D eigenvalue weighted by Gasteiger charge is -2.12. The number of hydrogen-bond donors (Lipinski definition) is 2. The van der Waals surface area contributed by atoms with E-state index >= 15 is 0 Å². The molecule has 0 atom stereocenters. The Morgan fingerprint density at radius 2 is 2.04 bits per heavy atom. The number of nitrogens with one attached hydrogen (secondary N) is 1. The molecule has 1 heterocycles. The van der Waals surface area contributed by atoms with Crippen LogP contribution in [0.2, 0.25) is 0 Å². The van der Waals surface area contributed by atoms with E-state index in [1.165, 1.54) is 6.92 Å². The molecule has 0 aliphatic heterocycles. The van der Waals surface area contributed by atoms with Crippen LogP contribution < -0.4 is 15.8 Å². The molecule has 0 saturated carbocycles. The predicted octanol–water partition coefficient (Wildman–Crippen LogP) is 2.75. The number of nitrogens with zero attached hydrogens (tertiary/aromatic N) is 2. The van der Waals surface area contributed by atoms with Crippen LogP contribution in [-0.4, -0.2) is 21.7 Å². The van der Waals surface area contributed by atoms with Gasteiger partial charge in [0.15, 0.2) is 5.82 Å². The van der Waals surface area contributed by atoms with Crippen LogP contribution in [0.5, 0.6) is 5.75 Å². The second-order valence-corrected chi connectivity index (χ2v) is 5.48. The van der Waals surface area contributed by atoms with Gasteiger partial charge in [0.2, 0.25) is 0 Å². The van der Waals surface area contributed by atoms with Gasteiger partial charge in [0, 0.05) is 19.0 Å². The average Bonchev–Trinajstić information content (AvgIpc) is 2.80. The fourth-order valence-electron chi connectivity index (χ4n) is 2.27.